The molecular weight excluding hydrogens is 1140 g/mol. The molecule has 484 valence electrons. The number of nitrogens with one attached hydrogen (secondary N) is 9. The summed E-state index contributed by atoms with van der Waals surface area (Å²) in [5, 5.41) is 63.9. The molecule has 0 aliphatic carbocycles. The van der Waals surface area contributed by atoms with Gasteiger partial charge in [0.05, 0.1) is 51.3 Å². The third-order valence-electron chi connectivity index (χ3n) is 13.4. The number of hydrogen-bond acceptors (Lipinski definition) is 22. The second-order valence-corrected chi connectivity index (χ2v) is 20.5. The summed E-state index contributed by atoms with van der Waals surface area (Å²) in [5.41, 5.74) is 16.6. The van der Waals surface area contributed by atoms with E-state index in [0.29, 0.717) is 12.8 Å². The van der Waals surface area contributed by atoms with Gasteiger partial charge in [-0.15, -0.1) is 11.6 Å². The fraction of sp³-hybridized carbons (Fsp3) is 0.736. The summed E-state index contributed by atoms with van der Waals surface area (Å²) in [7, 11) is 1.77. The summed E-state index contributed by atoms with van der Waals surface area (Å²) in [6.07, 6.45) is 0.413. The highest BCUT2D eigenvalue weighted by molar-refractivity contribution is 6.18. The molecular formula is C53H91ClN12O19. The highest BCUT2D eigenvalue weighted by Gasteiger charge is 2.41. The molecule has 0 saturated carbocycles. The van der Waals surface area contributed by atoms with E-state index in [1.54, 1.807) is 0 Å². The molecule has 0 bridgehead atoms. The molecule has 85 heavy (non-hydrogen) atoms. The maximum atomic E-state index is 14.3. The van der Waals surface area contributed by atoms with Gasteiger partial charge in [-0.05, 0) is 72.0 Å². The minimum atomic E-state index is -2.60. The summed E-state index contributed by atoms with van der Waals surface area (Å²) in [4.78, 5) is 165. The summed E-state index contributed by atoms with van der Waals surface area (Å²) in [6, 6.07) is -15.4. The molecule has 0 aromatic carbocycles. The molecule has 32 heteroatoms. The quantitative estimate of drug-likeness (QED) is 0.0115. The SMILES string of the molecule is C/C=C1/NC(=O)C([C@H](C)O)NC(=O)[C@H](CCN)NC(=O)C(CCCCN)NC(=O)C(CC(=O)OC)NC(=O)[C@@H](CCN)NC(=O)C([C@H](O)C(=O)OC)NC(=O)C(NC(=O)C[C@H](O)CCCCCCCCCCC)COC(=O)C([C@H](O)CCl)NC1=O. The molecule has 19 N–H and O–H groups in total. The molecule has 1 aliphatic heterocycles. The minimum absolute atomic E-state index is 0.139. The molecule has 6 unspecified atom stereocenters. The number of alkyl halides is 1. The third-order valence-corrected chi connectivity index (χ3v) is 13.7. The lowest BCUT2D eigenvalue weighted by molar-refractivity contribution is -0.156. The topological polar surface area (TPSA) is 500 Å². The van der Waals surface area contributed by atoms with Crippen molar-refractivity contribution in [2.24, 2.45) is 17.2 Å². The number of carbonyl (C=O) groups excluding carboxylic acids is 12. The fourth-order valence-corrected chi connectivity index (χ4v) is 8.59. The standard InChI is InChI=1S/C53H91ClN12O19/c1-6-8-9-10-11-12-13-14-15-18-30(68)25-38(70)58-36-28-85-52(81)41(37(69)27-54)65-44(73)31(7-2)59-50(79)40(29(3)67)64-47(76)34(21-24-57)61-45(74)32(19-16-17-22-55)60-48(77)35(26-39(71)83-4)63-46(75)33(20-23-56)62-51(80)42(66-49(36)78)43(72)53(82)84-5/h7,29-30,32-37,40-43,67-69,72H,6,8-28,55-57H2,1-5H3,(H,58,70)(H,59,79)(H,60,77)(H,61,74)(H,62,80)(H,63,75)(H,64,76)(H,65,73)(H,66,78)/b31-7+/t29-,30+,32?,33+,34-,35?,36?,37+,40?,41?,42?,43-/m0/s1. The average Bonchev–Trinajstić information content (AvgIpc) is 3.68. The molecule has 0 aromatic rings. The normalized spacial score (nSPS) is 24.2. The maximum absolute atomic E-state index is 14.3. The molecule has 1 saturated heterocycles. The van der Waals surface area contributed by atoms with Crippen LogP contribution >= 0.6 is 11.6 Å². The number of methoxy groups -OCH3 is 2. The molecule has 12 atom stereocenters. The van der Waals surface area contributed by atoms with Crippen molar-refractivity contribution in [1.29, 1.82) is 0 Å². The fourth-order valence-electron chi connectivity index (χ4n) is 8.42. The number of allylic oxidation sites excluding steroid dienone is 1. The first-order valence-electron chi connectivity index (χ1n) is 28.5. The van der Waals surface area contributed by atoms with Gasteiger partial charge >= 0.3 is 17.9 Å². The molecule has 0 spiro atoms. The zero-order chi connectivity index (χ0) is 64.2. The van der Waals surface area contributed by atoms with Crippen molar-refractivity contribution >= 4 is 82.7 Å². The van der Waals surface area contributed by atoms with Gasteiger partial charge in [0, 0.05) is 0 Å². The van der Waals surface area contributed by atoms with Crippen LogP contribution in [0.1, 0.15) is 130 Å². The van der Waals surface area contributed by atoms with Crippen molar-refractivity contribution in [3.8, 4) is 0 Å². The number of esters is 3. The van der Waals surface area contributed by atoms with Crippen LogP contribution < -0.4 is 65.1 Å². The van der Waals surface area contributed by atoms with Crippen LogP contribution in [-0.4, -0.2) is 211 Å². The molecule has 9 amide bonds. The Morgan fingerprint density at radius 1 is 0.635 bits per heavy atom. The second kappa shape index (κ2) is 42.2. The molecule has 31 nitrogen and oxygen atoms in total. The number of cyclic esters (lactones) is 1. The molecule has 1 heterocycles. The molecule has 1 fully saturated rings. The maximum Gasteiger partial charge on any atom is 0.337 e. The van der Waals surface area contributed by atoms with E-state index >= 15 is 0 Å². The monoisotopic (exact) mass is 1230 g/mol. The van der Waals surface area contributed by atoms with E-state index < -0.39 is 181 Å². The first-order valence-corrected chi connectivity index (χ1v) is 29.0. The van der Waals surface area contributed by atoms with E-state index in [4.69, 9.17) is 38.3 Å². The number of ether oxygens (including phenoxy) is 3. The van der Waals surface area contributed by atoms with E-state index in [1.165, 1.54) is 6.92 Å². The lowest BCUT2D eigenvalue weighted by Crippen LogP contribution is -2.63. The van der Waals surface area contributed by atoms with Crippen LogP contribution in [0, 0.1) is 0 Å². The van der Waals surface area contributed by atoms with Crippen molar-refractivity contribution in [3.05, 3.63) is 11.8 Å². The molecule has 1 aliphatic rings. The zero-order valence-corrected chi connectivity index (χ0v) is 49.8. The first kappa shape index (κ1) is 76.4. The van der Waals surface area contributed by atoms with Crippen LogP contribution in [0.2, 0.25) is 0 Å². The Balaban J connectivity index is 4.08. The summed E-state index contributed by atoms with van der Waals surface area (Å²) >= 11 is 5.91. The van der Waals surface area contributed by atoms with Crippen molar-refractivity contribution < 1.29 is 92.2 Å². The second-order valence-electron chi connectivity index (χ2n) is 20.2. The zero-order valence-electron chi connectivity index (χ0n) is 49.1. The first-order chi connectivity index (χ1) is 40.4. The highest BCUT2D eigenvalue weighted by Crippen LogP contribution is 2.14. The van der Waals surface area contributed by atoms with Gasteiger partial charge in [-0.3, -0.25) is 47.9 Å². The number of aliphatic hydroxyl groups is 4. The number of halogens is 1. The Bertz CT molecular complexity index is 2230. The van der Waals surface area contributed by atoms with Crippen molar-refractivity contribution in [2.75, 3.05) is 46.3 Å². The van der Waals surface area contributed by atoms with Gasteiger partial charge in [0.1, 0.15) is 54.6 Å². The van der Waals surface area contributed by atoms with Crippen LogP contribution in [0.5, 0.6) is 0 Å². The van der Waals surface area contributed by atoms with Gasteiger partial charge in [0.25, 0.3) is 5.91 Å². The van der Waals surface area contributed by atoms with Crippen LogP contribution in [0.4, 0.5) is 0 Å². The van der Waals surface area contributed by atoms with Crippen molar-refractivity contribution in [3.63, 3.8) is 0 Å². The van der Waals surface area contributed by atoms with E-state index in [0.717, 1.165) is 78.6 Å². The van der Waals surface area contributed by atoms with Crippen LogP contribution in [0.15, 0.2) is 11.8 Å². The number of unbranched alkanes of at least 4 members (excludes halogenated alkanes) is 9. The number of aliphatic hydroxyl groups excluding tert-OH is 4. The smallest absolute Gasteiger partial charge is 0.337 e. The van der Waals surface area contributed by atoms with Gasteiger partial charge in [0.2, 0.25) is 47.3 Å². The van der Waals surface area contributed by atoms with Gasteiger partial charge in [-0.1, -0.05) is 70.8 Å². The molecule has 0 radical (unpaired) electrons. The van der Waals surface area contributed by atoms with Gasteiger partial charge in [-0.2, -0.15) is 0 Å². The minimum Gasteiger partial charge on any atom is -0.469 e. The van der Waals surface area contributed by atoms with Crippen LogP contribution in [0.3, 0.4) is 0 Å². The lowest BCUT2D eigenvalue weighted by Gasteiger charge is -2.29. The predicted molar refractivity (Wildman–Crippen MR) is 304 cm³/mol. The van der Waals surface area contributed by atoms with Gasteiger partial charge in [0.15, 0.2) is 12.1 Å². The number of nitrogens with two attached hydrogens (primary N) is 3. The largest absolute Gasteiger partial charge is 0.469 e. The Morgan fingerprint density at radius 2 is 1.15 bits per heavy atom. The Labute approximate surface area is 499 Å². The lowest BCUT2D eigenvalue weighted by atomic mass is 10.0. The Hall–Kier alpha value is -6.61. The summed E-state index contributed by atoms with van der Waals surface area (Å²) in [6.45, 7) is 2.76. The molecule has 1 rings (SSSR count). The van der Waals surface area contributed by atoms with Crippen molar-refractivity contribution in [1.82, 2.24) is 47.9 Å². The van der Waals surface area contributed by atoms with Crippen LogP contribution in [0.25, 0.3) is 0 Å². The highest BCUT2D eigenvalue weighted by atomic mass is 35.5. The number of rotatable bonds is 28. The summed E-state index contributed by atoms with van der Waals surface area (Å²) < 4.78 is 14.7. The predicted octanol–water partition coefficient (Wildman–Crippen LogP) is -4.98. The van der Waals surface area contributed by atoms with Gasteiger partial charge in [-0.25, -0.2) is 9.59 Å². The average molecular weight is 1240 g/mol. The van der Waals surface area contributed by atoms with E-state index in [-0.39, 0.29) is 45.3 Å². The summed E-state index contributed by atoms with van der Waals surface area (Å²) in [5.74, 6) is -16.0. The number of hydrogen-bond donors (Lipinski definition) is 16. The number of carbonyl (C=O) groups is 12. The van der Waals surface area contributed by atoms with Crippen molar-refractivity contribution in [2.45, 2.75) is 203 Å². The Kier molecular flexibility index (Phi) is 38.0. The van der Waals surface area contributed by atoms with E-state index in [1.807, 2.05) is 0 Å². The van der Waals surface area contributed by atoms with E-state index in [9.17, 15) is 78.0 Å². The molecule has 0 aromatic heterocycles. The Morgan fingerprint density at radius 3 is 1.67 bits per heavy atom. The van der Waals surface area contributed by atoms with Crippen LogP contribution in [-0.2, 0) is 71.7 Å². The number of amides is 9. The third kappa shape index (κ3) is 28.4. The van der Waals surface area contributed by atoms with E-state index in [2.05, 4.69) is 59.5 Å². The van der Waals surface area contributed by atoms with Gasteiger partial charge < -0.3 is 99.7 Å².